The van der Waals surface area contributed by atoms with Crippen LogP contribution < -0.4 is 0 Å². The molecule has 0 spiro atoms. The highest BCUT2D eigenvalue weighted by molar-refractivity contribution is 9.10. The van der Waals surface area contributed by atoms with E-state index in [-0.39, 0.29) is 0 Å². The van der Waals surface area contributed by atoms with Crippen molar-refractivity contribution in [3.05, 3.63) is 40.3 Å². The SMILES string of the molecule is Brc1ccc(-c2n[nH]c(-c3cccs3)n2)nc1. The molecule has 3 aromatic heterocycles. The summed E-state index contributed by atoms with van der Waals surface area (Å²) in [5.41, 5.74) is 0.757. The Morgan fingerprint density at radius 1 is 1.24 bits per heavy atom. The van der Waals surface area contributed by atoms with Crippen molar-refractivity contribution in [2.45, 2.75) is 0 Å². The number of aromatic nitrogens is 4. The molecule has 0 bridgehead atoms. The molecule has 0 saturated carbocycles. The molecule has 0 atom stereocenters. The van der Waals surface area contributed by atoms with Crippen LogP contribution in [0.3, 0.4) is 0 Å². The number of aromatic amines is 1. The Bertz CT molecular complexity index is 615. The largest absolute Gasteiger partial charge is 0.258 e. The maximum Gasteiger partial charge on any atom is 0.200 e. The van der Waals surface area contributed by atoms with E-state index in [1.54, 1.807) is 17.5 Å². The molecule has 4 nitrogen and oxygen atoms in total. The average molecular weight is 307 g/mol. The predicted molar refractivity (Wildman–Crippen MR) is 70.6 cm³/mol. The topological polar surface area (TPSA) is 54.5 Å². The zero-order valence-electron chi connectivity index (χ0n) is 8.59. The molecule has 0 saturated heterocycles. The molecule has 84 valence electrons. The minimum absolute atomic E-state index is 0.612. The van der Waals surface area contributed by atoms with Crippen molar-refractivity contribution in [3.63, 3.8) is 0 Å². The van der Waals surface area contributed by atoms with Gasteiger partial charge in [0.1, 0.15) is 5.69 Å². The molecule has 0 radical (unpaired) electrons. The molecule has 6 heteroatoms. The number of thiophene rings is 1. The Morgan fingerprint density at radius 2 is 2.18 bits per heavy atom. The van der Waals surface area contributed by atoms with E-state index in [4.69, 9.17) is 0 Å². The molecule has 3 rings (SSSR count). The third-order valence-electron chi connectivity index (χ3n) is 2.20. The number of pyridine rings is 1. The Labute approximate surface area is 110 Å². The Kier molecular flexibility index (Phi) is 2.74. The fraction of sp³-hybridized carbons (Fsp3) is 0. The molecule has 0 aliphatic carbocycles. The zero-order valence-corrected chi connectivity index (χ0v) is 11.0. The molecule has 0 unspecified atom stereocenters. The Hall–Kier alpha value is -1.53. The summed E-state index contributed by atoms with van der Waals surface area (Å²) in [6.07, 6.45) is 1.73. The molecule has 3 aromatic rings. The van der Waals surface area contributed by atoms with Crippen molar-refractivity contribution in [2.24, 2.45) is 0 Å². The maximum atomic E-state index is 4.42. The summed E-state index contributed by atoms with van der Waals surface area (Å²) in [4.78, 5) is 9.74. The van der Waals surface area contributed by atoms with Gasteiger partial charge in [0, 0.05) is 10.7 Å². The zero-order chi connectivity index (χ0) is 11.7. The number of nitrogens with zero attached hydrogens (tertiary/aromatic N) is 3. The summed E-state index contributed by atoms with van der Waals surface area (Å²) < 4.78 is 0.940. The molecule has 0 aliphatic rings. The van der Waals surface area contributed by atoms with E-state index in [0.29, 0.717) is 5.82 Å². The van der Waals surface area contributed by atoms with Crippen molar-refractivity contribution >= 4 is 27.3 Å². The number of hydrogen-bond acceptors (Lipinski definition) is 4. The summed E-state index contributed by atoms with van der Waals surface area (Å²) in [6.45, 7) is 0. The van der Waals surface area contributed by atoms with Gasteiger partial charge in [0.15, 0.2) is 11.6 Å². The van der Waals surface area contributed by atoms with Gasteiger partial charge in [-0.05, 0) is 39.5 Å². The van der Waals surface area contributed by atoms with Crippen LogP contribution in [0.1, 0.15) is 0 Å². The lowest BCUT2D eigenvalue weighted by atomic mass is 10.3. The lowest BCUT2D eigenvalue weighted by Crippen LogP contribution is -1.84. The number of halogens is 1. The van der Waals surface area contributed by atoms with E-state index >= 15 is 0 Å². The van der Waals surface area contributed by atoms with Gasteiger partial charge >= 0.3 is 0 Å². The van der Waals surface area contributed by atoms with Crippen LogP contribution in [-0.4, -0.2) is 20.2 Å². The van der Waals surface area contributed by atoms with Gasteiger partial charge in [0.05, 0.1) is 4.88 Å². The minimum atomic E-state index is 0.612. The molecule has 1 N–H and O–H groups in total. The fourth-order valence-corrected chi connectivity index (χ4v) is 2.31. The van der Waals surface area contributed by atoms with Crippen molar-refractivity contribution in [1.29, 1.82) is 0 Å². The second-order valence-corrected chi connectivity index (χ2v) is 5.21. The second-order valence-electron chi connectivity index (χ2n) is 3.35. The van der Waals surface area contributed by atoms with Gasteiger partial charge < -0.3 is 0 Å². The summed E-state index contributed by atoms with van der Waals surface area (Å²) >= 11 is 4.97. The van der Waals surface area contributed by atoms with Gasteiger partial charge in [-0.2, -0.15) is 5.10 Å². The van der Waals surface area contributed by atoms with Crippen LogP contribution in [0.4, 0.5) is 0 Å². The van der Waals surface area contributed by atoms with Crippen LogP contribution in [-0.2, 0) is 0 Å². The first-order valence-corrected chi connectivity index (χ1v) is 6.58. The highest BCUT2D eigenvalue weighted by Crippen LogP contribution is 2.23. The van der Waals surface area contributed by atoms with E-state index in [9.17, 15) is 0 Å². The summed E-state index contributed by atoms with van der Waals surface area (Å²) in [6, 6.07) is 7.79. The molecule has 0 amide bonds. The van der Waals surface area contributed by atoms with Crippen LogP contribution in [0.15, 0.2) is 40.3 Å². The predicted octanol–water partition coefficient (Wildman–Crippen LogP) is 3.36. The summed E-state index contributed by atoms with van der Waals surface area (Å²) in [7, 11) is 0. The highest BCUT2D eigenvalue weighted by Gasteiger charge is 2.08. The summed E-state index contributed by atoms with van der Waals surface area (Å²) in [5, 5.41) is 9.09. The standard InChI is InChI=1S/C11H7BrN4S/c12-7-3-4-8(13-6-7)10-14-11(16-15-10)9-2-1-5-17-9/h1-6H,(H,14,15,16). The van der Waals surface area contributed by atoms with Gasteiger partial charge in [-0.15, -0.1) is 11.3 Å². The number of rotatable bonds is 2. The van der Waals surface area contributed by atoms with E-state index in [1.165, 1.54) is 0 Å². The molecular weight excluding hydrogens is 300 g/mol. The van der Waals surface area contributed by atoms with E-state index < -0.39 is 0 Å². The molecule has 0 fully saturated rings. The van der Waals surface area contributed by atoms with Crippen molar-refractivity contribution < 1.29 is 0 Å². The first-order chi connectivity index (χ1) is 8.33. The first kappa shape index (κ1) is 10.6. The van der Waals surface area contributed by atoms with Crippen LogP contribution >= 0.6 is 27.3 Å². The summed E-state index contributed by atoms with van der Waals surface area (Å²) in [5.74, 6) is 1.39. The smallest absolute Gasteiger partial charge is 0.200 e. The van der Waals surface area contributed by atoms with E-state index in [2.05, 4.69) is 36.1 Å². The Balaban J connectivity index is 1.98. The fourth-order valence-electron chi connectivity index (χ4n) is 1.41. The first-order valence-electron chi connectivity index (χ1n) is 4.91. The number of H-pyrrole nitrogens is 1. The van der Waals surface area contributed by atoms with Crippen LogP contribution in [0, 0.1) is 0 Å². The van der Waals surface area contributed by atoms with Crippen molar-refractivity contribution in [3.8, 4) is 22.2 Å². The quantitative estimate of drug-likeness (QED) is 0.790. The van der Waals surface area contributed by atoms with Crippen LogP contribution in [0.2, 0.25) is 0 Å². The van der Waals surface area contributed by atoms with Crippen molar-refractivity contribution in [2.75, 3.05) is 0 Å². The highest BCUT2D eigenvalue weighted by atomic mass is 79.9. The van der Waals surface area contributed by atoms with Gasteiger partial charge in [0.2, 0.25) is 0 Å². The third kappa shape index (κ3) is 2.13. The lowest BCUT2D eigenvalue weighted by Gasteiger charge is -1.93. The molecule has 0 aromatic carbocycles. The molecule has 3 heterocycles. The lowest BCUT2D eigenvalue weighted by molar-refractivity contribution is 1.09. The van der Waals surface area contributed by atoms with Crippen LogP contribution in [0.25, 0.3) is 22.2 Å². The molecular formula is C11H7BrN4S. The Morgan fingerprint density at radius 3 is 2.88 bits per heavy atom. The van der Waals surface area contributed by atoms with Gasteiger partial charge in [-0.1, -0.05) is 6.07 Å². The minimum Gasteiger partial charge on any atom is -0.258 e. The van der Waals surface area contributed by atoms with Gasteiger partial charge in [-0.3, -0.25) is 10.1 Å². The number of nitrogens with one attached hydrogen (secondary N) is 1. The normalized spacial score (nSPS) is 10.6. The monoisotopic (exact) mass is 306 g/mol. The van der Waals surface area contributed by atoms with Gasteiger partial charge in [-0.25, -0.2) is 4.98 Å². The van der Waals surface area contributed by atoms with E-state index in [1.807, 2.05) is 29.6 Å². The van der Waals surface area contributed by atoms with Crippen LogP contribution in [0.5, 0.6) is 0 Å². The molecule has 0 aliphatic heterocycles. The van der Waals surface area contributed by atoms with Crippen molar-refractivity contribution in [1.82, 2.24) is 20.2 Å². The number of hydrogen-bond donors (Lipinski definition) is 1. The second kappa shape index (κ2) is 4.38. The van der Waals surface area contributed by atoms with Gasteiger partial charge in [0.25, 0.3) is 0 Å². The average Bonchev–Trinajstić information content (AvgIpc) is 3.00. The maximum absolute atomic E-state index is 4.42. The van der Waals surface area contributed by atoms with E-state index in [0.717, 1.165) is 20.9 Å². The third-order valence-corrected chi connectivity index (χ3v) is 3.54. The molecule has 17 heavy (non-hydrogen) atoms.